The molecular weight excluding hydrogens is 436 g/mol. The van der Waals surface area contributed by atoms with Gasteiger partial charge in [-0.25, -0.2) is 0 Å². The Morgan fingerprint density at radius 2 is 1.73 bits per heavy atom. The molecular formula is C25H22N4O3S. The van der Waals surface area contributed by atoms with E-state index in [9.17, 15) is 9.59 Å². The summed E-state index contributed by atoms with van der Waals surface area (Å²) in [7, 11) is 1.62. The van der Waals surface area contributed by atoms with Gasteiger partial charge < -0.3 is 10.1 Å². The molecule has 0 fully saturated rings. The van der Waals surface area contributed by atoms with Crippen molar-refractivity contribution in [2.75, 3.05) is 18.2 Å². The second kappa shape index (κ2) is 10.1. The van der Waals surface area contributed by atoms with E-state index in [2.05, 4.69) is 15.5 Å². The van der Waals surface area contributed by atoms with Gasteiger partial charge in [-0.05, 0) is 55.5 Å². The van der Waals surface area contributed by atoms with Crippen LogP contribution in [0.3, 0.4) is 0 Å². The maximum Gasteiger partial charge on any atom is 0.234 e. The van der Waals surface area contributed by atoms with Crippen LogP contribution in [0.1, 0.15) is 17.3 Å². The molecule has 166 valence electrons. The van der Waals surface area contributed by atoms with E-state index in [4.69, 9.17) is 4.74 Å². The molecule has 0 unspecified atom stereocenters. The third-order valence-corrected chi connectivity index (χ3v) is 5.81. The lowest BCUT2D eigenvalue weighted by Gasteiger charge is -2.11. The number of nitrogens with one attached hydrogen (secondary N) is 1. The topological polar surface area (TPSA) is 86.1 Å². The van der Waals surface area contributed by atoms with Gasteiger partial charge in [0.2, 0.25) is 5.91 Å². The molecule has 7 nitrogen and oxygen atoms in total. The number of Topliss-reactive ketones (excluding diaryl/α,β-unsaturated/α-hetero) is 1. The number of anilines is 1. The number of hydrogen-bond acceptors (Lipinski definition) is 6. The summed E-state index contributed by atoms with van der Waals surface area (Å²) in [5.74, 6) is 1.33. The van der Waals surface area contributed by atoms with Crippen LogP contribution in [-0.4, -0.2) is 39.3 Å². The fourth-order valence-corrected chi connectivity index (χ4v) is 3.99. The SMILES string of the molecule is COc1cccc(-c2nnc(SCC(=O)Nc3ccc(C(C)=O)cc3)n2-c2ccccc2)c1. The van der Waals surface area contributed by atoms with Crippen molar-refractivity contribution >= 4 is 29.1 Å². The van der Waals surface area contributed by atoms with E-state index in [1.54, 1.807) is 31.4 Å². The number of thioether (sulfide) groups is 1. The van der Waals surface area contributed by atoms with Gasteiger partial charge in [0.25, 0.3) is 0 Å². The summed E-state index contributed by atoms with van der Waals surface area (Å²) in [4.78, 5) is 24.0. The van der Waals surface area contributed by atoms with Gasteiger partial charge in [-0.15, -0.1) is 10.2 Å². The van der Waals surface area contributed by atoms with Crippen molar-refractivity contribution < 1.29 is 14.3 Å². The highest BCUT2D eigenvalue weighted by molar-refractivity contribution is 7.99. The summed E-state index contributed by atoms with van der Waals surface area (Å²) in [6.07, 6.45) is 0. The van der Waals surface area contributed by atoms with E-state index in [0.717, 1.165) is 17.0 Å². The van der Waals surface area contributed by atoms with Gasteiger partial charge in [0.1, 0.15) is 5.75 Å². The molecule has 8 heteroatoms. The maximum absolute atomic E-state index is 12.5. The Morgan fingerprint density at radius 3 is 2.42 bits per heavy atom. The van der Waals surface area contributed by atoms with Crippen molar-refractivity contribution in [3.05, 3.63) is 84.4 Å². The van der Waals surface area contributed by atoms with Gasteiger partial charge in [0.15, 0.2) is 16.8 Å². The van der Waals surface area contributed by atoms with Gasteiger partial charge in [-0.1, -0.05) is 42.1 Å². The van der Waals surface area contributed by atoms with E-state index >= 15 is 0 Å². The van der Waals surface area contributed by atoms with Crippen molar-refractivity contribution in [1.29, 1.82) is 0 Å². The minimum Gasteiger partial charge on any atom is -0.497 e. The Labute approximate surface area is 195 Å². The highest BCUT2D eigenvalue weighted by Gasteiger charge is 2.18. The fourth-order valence-electron chi connectivity index (χ4n) is 3.24. The first-order valence-electron chi connectivity index (χ1n) is 10.2. The lowest BCUT2D eigenvalue weighted by molar-refractivity contribution is -0.113. The zero-order valence-electron chi connectivity index (χ0n) is 18.2. The van der Waals surface area contributed by atoms with Gasteiger partial charge in [-0.2, -0.15) is 0 Å². The predicted molar refractivity (Wildman–Crippen MR) is 129 cm³/mol. The predicted octanol–water partition coefficient (Wildman–Crippen LogP) is 4.88. The minimum atomic E-state index is -0.180. The van der Waals surface area contributed by atoms with Gasteiger partial charge in [0, 0.05) is 22.5 Å². The Morgan fingerprint density at radius 1 is 0.970 bits per heavy atom. The summed E-state index contributed by atoms with van der Waals surface area (Å²) in [5.41, 5.74) is 2.98. The van der Waals surface area contributed by atoms with Gasteiger partial charge >= 0.3 is 0 Å². The van der Waals surface area contributed by atoms with Gasteiger partial charge in [0.05, 0.1) is 12.9 Å². The number of benzene rings is 3. The molecule has 0 aliphatic heterocycles. The summed E-state index contributed by atoms with van der Waals surface area (Å²) in [5, 5.41) is 12.2. The molecule has 4 rings (SSSR count). The van der Waals surface area contributed by atoms with Crippen LogP contribution < -0.4 is 10.1 Å². The number of nitrogens with zero attached hydrogens (tertiary/aromatic N) is 3. The van der Waals surface area contributed by atoms with Crippen molar-refractivity contribution in [3.8, 4) is 22.8 Å². The minimum absolute atomic E-state index is 0.0180. The number of carbonyl (C=O) groups excluding carboxylic acids is 2. The van der Waals surface area contributed by atoms with Crippen LogP contribution in [0.2, 0.25) is 0 Å². The quantitative estimate of drug-likeness (QED) is 0.299. The fraction of sp³-hybridized carbons (Fsp3) is 0.120. The molecule has 0 atom stereocenters. The zero-order valence-corrected chi connectivity index (χ0v) is 19.0. The Balaban J connectivity index is 1.55. The van der Waals surface area contributed by atoms with Crippen molar-refractivity contribution in [3.63, 3.8) is 0 Å². The maximum atomic E-state index is 12.5. The average molecular weight is 459 g/mol. The Kier molecular flexibility index (Phi) is 6.85. The summed E-state index contributed by atoms with van der Waals surface area (Å²) >= 11 is 1.29. The molecule has 4 aromatic rings. The molecule has 0 saturated carbocycles. The van der Waals surface area contributed by atoms with Crippen LogP contribution in [0.4, 0.5) is 5.69 Å². The van der Waals surface area contributed by atoms with E-state index in [0.29, 0.717) is 22.2 Å². The summed E-state index contributed by atoms with van der Waals surface area (Å²) in [6.45, 7) is 1.51. The van der Waals surface area contributed by atoms with Crippen LogP contribution in [-0.2, 0) is 4.79 Å². The summed E-state index contributed by atoms with van der Waals surface area (Å²) < 4.78 is 7.28. The van der Waals surface area contributed by atoms with Crippen molar-refractivity contribution in [2.45, 2.75) is 12.1 Å². The van der Waals surface area contributed by atoms with Crippen molar-refractivity contribution in [2.24, 2.45) is 0 Å². The number of methoxy groups -OCH3 is 1. The Bertz CT molecular complexity index is 1270. The molecule has 0 bridgehead atoms. The van der Waals surface area contributed by atoms with Crippen LogP contribution in [0.25, 0.3) is 17.1 Å². The number of ketones is 1. The second-order valence-corrected chi connectivity index (χ2v) is 8.12. The molecule has 0 spiro atoms. The number of rotatable bonds is 8. The van der Waals surface area contributed by atoms with Crippen LogP contribution in [0, 0.1) is 0 Å². The van der Waals surface area contributed by atoms with E-state index in [1.165, 1.54) is 18.7 Å². The molecule has 0 saturated heterocycles. The standard InChI is InChI=1S/C25H22N4O3S/c1-17(30)18-11-13-20(14-12-18)26-23(31)16-33-25-28-27-24(19-7-6-10-22(15-19)32-2)29(25)21-8-4-3-5-9-21/h3-15H,16H2,1-2H3,(H,26,31). The number of carbonyl (C=O) groups is 2. The molecule has 3 aromatic carbocycles. The zero-order chi connectivity index (χ0) is 23.2. The van der Waals surface area contributed by atoms with E-state index in [1.807, 2.05) is 59.2 Å². The molecule has 1 N–H and O–H groups in total. The number of hydrogen-bond donors (Lipinski definition) is 1. The molecule has 1 aromatic heterocycles. The first-order chi connectivity index (χ1) is 16.0. The smallest absolute Gasteiger partial charge is 0.234 e. The Hall–Kier alpha value is -3.91. The van der Waals surface area contributed by atoms with Crippen LogP contribution >= 0.6 is 11.8 Å². The first-order valence-corrected chi connectivity index (χ1v) is 11.2. The number of aromatic nitrogens is 3. The third kappa shape index (κ3) is 5.30. The van der Waals surface area contributed by atoms with Crippen molar-refractivity contribution in [1.82, 2.24) is 14.8 Å². The molecule has 0 aliphatic rings. The normalized spacial score (nSPS) is 10.6. The third-order valence-electron chi connectivity index (χ3n) is 4.88. The van der Waals surface area contributed by atoms with Gasteiger partial charge in [-0.3, -0.25) is 14.2 Å². The molecule has 1 heterocycles. The molecule has 0 radical (unpaired) electrons. The lowest BCUT2D eigenvalue weighted by atomic mass is 10.1. The number of amides is 1. The highest BCUT2D eigenvalue weighted by atomic mass is 32.2. The van der Waals surface area contributed by atoms with E-state index < -0.39 is 0 Å². The van der Waals surface area contributed by atoms with E-state index in [-0.39, 0.29) is 17.4 Å². The lowest BCUT2D eigenvalue weighted by Crippen LogP contribution is -2.14. The highest BCUT2D eigenvalue weighted by Crippen LogP contribution is 2.29. The average Bonchev–Trinajstić information content (AvgIpc) is 3.28. The summed E-state index contributed by atoms with van der Waals surface area (Å²) in [6, 6.07) is 24.2. The molecule has 1 amide bonds. The largest absolute Gasteiger partial charge is 0.497 e. The van der Waals surface area contributed by atoms with Crippen LogP contribution in [0.15, 0.2) is 84.0 Å². The first kappa shape index (κ1) is 22.3. The second-order valence-electron chi connectivity index (χ2n) is 7.18. The number of ether oxygens (including phenoxy) is 1. The number of para-hydroxylation sites is 1. The molecule has 33 heavy (non-hydrogen) atoms. The monoisotopic (exact) mass is 458 g/mol. The van der Waals surface area contributed by atoms with Crippen LogP contribution in [0.5, 0.6) is 5.75 Å². The molecule has 0 aliphatic carbocycles.